The van der Waals surface area contributed by atoms with Crippen LogP contribution in [-0.2, 0) is 37.3 Å². The molecule has 5 rings (SSSR count). The molecule has 0 saturated heterocycles. The van der Waals surface area contributed by atoms with Crippen LogP contribution in [-0.4, -0.2) is 109 Å². The van der Waals surface area contributed by atoms with Crippen LogP contribution in [0.25, 0.3) is 10.8 Å². The van der Waals surface area contributed by atoms with Crippen molar-refractivity contribution in [3.05, 3.63) is 113 Å². The Balaban J connectivity index is 1.27. The Morgan fingerprint density at radius 2 is 1.48 bits per heavy atom. The predicted molar refractivity (Wildman–Crippen MR) is 246 cm³/mol. The van der Waals surface area contributed by atoms with Crippen molar-refractivity contribution in [2.45, 2.75) is 45.4 Å². The number of carbonyl (C=O) groups excluding carboxylic acids is 3. The number of rotatable bonds is 23. The topological polar surface area (TPSA) is 159 Å². The van der Waals surface area contributed by atoms with Crippen LogP contribution in [0.2, 0.25) is 0 Å². The summed E-state index contributed by atoms with van der Waals surface area (Å²) in [6.45, 7) is 9.27. The molecule has 0 aliphatic carbocycles. The van der Waals surface area contributed by atoms with E-state index in [1.807, 2.05) is 73.6 Å². The molecule has 336 valence electrons. The summed E-state index contributed by atoms with van der Waals surface area (Å²) < 4.78 is 33.7. The third kappa shape index (κ3) is 14.5. The summed E-state index contributed by atoms with van der Waals surface area (Å²) in [5.74, 6) is 2.11. The minimum Gasteiger partial charge on any atom is -0.497 e. The van der Waals surface area contributed by atoms with Gasteiger partial charge in [0.05, 0.1) is 65.2 Å². The second-order valence-electron chi connectivity index (χ2n) is 16.3. The van der Waals surface area contributed by atoms with Gasteiger partial charge in [-0.3, -0.25) is 14.6 Å². The minimum absolute atomic E-state index is 0.125. The number of aromatic nitrogens is 1. The number of ether oxygens (including phenoxy) is 6. The lowest BCUT2D eigenvalue weighted by Crippen LogP contribution is -2.27. The first kappa shape index (κ1) is 48.0. The molecule has 3 N–H and O–H groups in total. The maximum Gasteiger partial charge on any atom is 0.323 e. The van der Waals surface area contributed by atoms with Crippen molar-refractivity contribution in [3.63, 3.8) is 0 Å². The summed E-state index contributed by atoms with van der Waals surface area (Å²) in [4.78, 5) is 45.8. The number of Topliss-reactive ketones (excluding diaryl/α,β-unsaturated/α-hetero) is 1. The highest BCUT2D eigenvalue weighted by molar-refractivity contribution is 6.08. The number of hydrogen-bond donors (Lipinski definition) is 3. The Labute approximate surface area is 370 Å². The lowest BCUT2D eigenvalue weighted by Gasteiger charge is -2.24. The number of aryl methyl sites for hydroxylation is 1. The molecular formula is C49H61N5O9. The number of methoxy groups -OCH3 is 3. The molecule has 0 atom stereocenters. The lowest BCUT2D eigenvalue weighted by molar-refractivity contribution is -0.119. The van der Waals surface area contributed by atoms with Crippen LogP contribution < -0.4 is 30.2 Å². The number of nitrogens with one attached hydrogen (secondary N) is 3. The highest BCUT2D eigenvalue weighted by Crippen LogP contribution is 2.38. The third-order valence-corrected chi connectivity index (χ3v) is 9.98. The molecule has 0 aliphatic rings. The summed E-state index contributed by atoms with van der Waals surface area (Å²) in [7, 11) is 8.49. The van der Waals surface area contributed by atoms with E-state index in [1.165, 1.54) is 0 Å². The van der Waals surface area contributed by atoms with Gasteiger partial charge >= 0.3 is 6.03 Å². The Bertz CT molecular complexity index is 2330. The molecule has 5 aromatic rings. The van der Waals surface area contributed by atoms with Gasteiger partial charge in [-0.15, -0.1) is 0 Å². The van der Waals surface area contributed by atoms with Crippen molar-refractivity contribution < 1.29 is 42.8 Å². The number of benzene rings is 4. The van der Waals surface area contributed by atoms with Gasteiger partial charge in [-0.2, -0.15) is 0 Å². The fraction of sp³-hybridized carbons (Fsp3) is 0.388. The van der Waals surface area contributed by atoms with E-state index in [2.05, 4.69) is 47.8 Å². The maximum atomic E-state index is 13.7. The summed E-state index contributed by atoms with van der Waals surface area (Å²) in [5.41, 5.74) is 4.75. The maximum absolute atomic E-state index is 13.7. The van der Waals surface area contributed by atoms with Crippen molar-refractivity contribution in [1.82, 2.24) is 15.2 Å². The molecule has 0 unspecified atom stereocenters. The van der Waals surface area contributed by atoms with Gasteiger partial charge in [0.15, 0.2) is 0 Å². The molecule has 0 fully saturated rings. The highest BCUT2D eigenvalue weighted by Gasteiger charge is 2.22. The first-order valence-corrected chi connectivity index (χ1v) is 21.0. The van der Waals surface area contributed by atoms with E-state index in [4.69, 9.17) is 28.4 Å². The molecule has 0 radical (unpaired) electrons. The summed E-state index contributed by atoms with van der Waals surface area (Å²) in [5, 5.41) is 10.5. The number of nitrogens with zero attached hydrogens (tertiary/aromatic N) is 2. The Hall–Kier alpha value is -6.06. The normalized spacial score (nSPS) is 11.4. The van der Waals surface area contributed by atoms with E-state index in [0.717, 1.165) is 33.2 Å². The van der Waals surface area contributed by atoms with Crippen molar-refractivity contribution in [1.29, 1.82) is 0 Å². The summed E-state index contributed by atoms with van der Waals surface area (Å²) >= 11 is 0. The number of pyridine rings is 1. The SMILES string of the molecule is COCCOCCOCCNC(=O)c1cc(Cc2cc(Oc3ccc(NC(=O)Nc4cc(C(C)(C)C)cc(CCC(=O)CN(C)C)c4OC)c4ccccc34)ccn2)cc(OC)c1. The average Bonchev–Trinajstić information content (AvgIpc) is 3.25. The average molecular weight is 864 g/mol. The summed E-state index contributed by atoms with van der Waals surface area (Å²) in [6, 6.07) is 23.8. The molecule has 4 aromatic carbocycles. The van der Waals surface area contributed by atoms with Crippen molar-refractivity contribution in [2.24, 2.45) is 0 Å². The second kappa shape index (κ2) is 23.4. The highest BCUT2D eigenvalue weighted by atomic mass is 16.5. The fourth-order valence-electron chi connectivity index (χ4n) is 6.86. The zero-order valence-corrected chi connectivity index (χ0v) is 37.7. The first-order valence-electron chi connectivity index (χ1n) is 21.0. The van der Waals surface area contributed by atoms with E-state index >= 15 is 0 Å². The minimum atomic E-state index is -0.450. The van der Waals surface area contributed by atoms with E-state index in [0.29, 0.717) is 105 Å². The quantitative estimate of drug-likeness (QED) is 0.0546. The van der Waals surface area contributed by atoms with Crippen LogP contribution in [0.1, 0.15) is 59.9 Å². The monoisotopic (exact) mass is 863 g/mol. The van der Waals surface area contributed by atoms with Gasteiger partial charge in [0.25, 0.3) is 5.91 Å². The van der Waals surface area contributed by atoms with Crippen LogP contribution >= 0.6 is 0 Å². The fourth-order valence-corrected chi connectivity index (χ4v) is 6.86. The van der Waals surface area contributed by atoms with Crippen molar-refractivity contribution in [3.8, 4) is 23.0 Å². The predicted octanol–water partition coefficient (Wildman–Crippen LogP) is 8.05. The van der Waals surface area contributed by atoms with Gasteiger partial charge in [-0.1, -0.05) is 51.1 Å². The number of carbonyl (C=O) groups is 3. The van der Waals surface area contributed by atoms with E-state index in [-0.39, 0.29) is 17.1 Å². The third-order valence-electron chi connectivity index (χ3n) is 9.98. The Morgan fingerprint density at radius 3 is 2.19 bits per heavy atom. The number of likely N-dealkylation sites (N-methyl/N-ethyl adjacent to an activating group) is 1. The molecule has 1 aromatic heterocycles. The standard InChI is InChI=1S/C49H61N5O9/c1-49(2,3)36-28-34(13-14-38(55)32-54(4)5)46(60-8)44(30-36)53-48(57)52-43-15-16-45(42-12-10-9-11-41(42)43)63-39-17-18-50-37(31-39)26-33-25-35(29-40(27-33)59-7)47(56)51-19-20-61-23-24-62-22-21-58-6/h9-12,15-18,25,27-31H,13-14,19-24,26,32H2,1-8H3,(H,51,56)(H2,52,53,57). The molecular weight excluding hydrogens is 803 g/mol. The smallest absolute Gasteiger partial charge is 0.323 e. The van der Waals surface area contributed by atoms with E-state index < -0.39 is 6.03 Å². The van der Waals surface area contributed by atoms with Crippen LogP contribution in [0.15, 0.2) is 85.1 Å². The van der Waals surface area contributed by atoms with Gasteiger partial charge < -0.3 is 49.3 Å². The number of amides is 3. The van der Waals surface area contributed by atoms with Crippen LogP contribution in [0, 0.1) is 0 Å². The molecule has 63 heavy (non-hydrogen) atoms. The summed E-state index contributed by atoms with van der Waals surface area (Å²) in [6.07, 6.45) is 2.93. The number of hydrogen-bond acceptors (Lipinski definition) is 11. The van der Waals surface area contributed by atoms with E-state index in [1.54, 1.807) is 45.7 Å². The molecule has 0 saturated carbocycles. The molecule has 14 heteroatoms. The molecule has 0 aliphatic heterocycles. The molecule has 0 bridgehead atoms. The number of urea groups is 1. The lowest BCUT2D eigenvalue weighted by atomic mass is 9.85. The van der Waals surface area contributed by atoms with Crippen LogP contribution in [0.3, 0.4) is 0 Å². The zero-order valence-electron chi connectivity index (χ0n) is 37.7. The van der Waals surface area contributed by atoms with Gasteiger partial charge in [0.2, 0.25) is 0 Å². The number of fused-ring (bicyclic) bond motifs is 1. The second-order valence-corrected chi connectivity index (χ2v) is 16.3. The van der Waals surface area contributed by atoms with Crippen molar-refractivity contribution >= 4 is 39.9 Å². The van der Waals surface area contributed by atoms with Crippen molar-refractivity contribution in [2.75, 3.05) is 92.2 Å². The molecule has 0 spiro atoms. The van der Waals surface area contributed by atoms with Crippen LogP contribution in [0.5, 0.6) is 23.0 Å². The largest absolute Gasteiger partial charge is 0.497 e. The van der Waals surface area contributed by atoms with E-state index in [9.17, 15) is 14.4 Å². The Morgan fingerprint density at radius 1 is 0.746 bits per heavy atom. The molecule has 14 nitrogen and oxygen atoms in total. The molecule has 1 heterocycles. The van der Waals surface area contributed by atoms with Gasteiger partial charge in [-0.05, 0) is 85.1 Å². The number of ketones is 1. The zero-order chi connectivity index (χ0) is 45.4. The molecule has 3 amide bonds. The van der Waals surface area contributed by atoms with Gasteiger partial charge in [-0.25, -0.2) is 4.79 Å². The Kier molecular flexibility index (Phi) is 17.8. The first-order chi connectivity index (χ1) is 30.3. The van der Waals surface area contributed by atoms with Gasteiger partial charge in [0, 0.05) is 60.8 Å². The van der Waals surface area contributed by atoms with Gasteiger partial charge in [0.1, 0.15) is 28.8 Å². The van der Waals surface area contributed by atoms with Crippen LogP contribution in [0.4, 0.5) is 16.2 Å². The number of anilines is 2.